The van der Waals surface area contributed by atoms with Gasteiger partial charge in [-0.25, -0.2) is 0 Å². The molecule has 3 nitrogen and oxygen atoms in total. The predicted octanol–water partition coefficient (Wildman–Crippen LogP) is 1.98. The second-order valence-electron chi connectivity index (χ2n) is 3.12. The van der Waals surface area contributed by atoms with Gasteiger partial charge in [0.1, 0.15) is 5.75 Å². The van der Waals surface area contributed by atoms with E-state index in [-0.39, 0.29) is 0 Å². The van der Waals surface area contributed by atoms with Crippen molar-refractivity contribution in [2.75, 3.05) is 26.9 Å². The summed E-state index contributed by atoms with van der Waals surface area (Å²) in [6, 6.07) is 6.03. The Balaban J connectivity index is 2.45. The zero-order chi connectivity index (χ0) is 11.1. The van der Waals surface area contributed by atoms with E-state index in [9.17, 15) is 0 Å². The SMILES string of the molecule is COc1ccc(CCOCCN)cc1Br. The molecule has 4 heteroatoms. The molecule has 84 valence electrons. The van der Waals surface area contributed by atoms with Crippen LogP contribution in [0.1, 0.15) is 5.56 Å². The van der Waals surface area contributed by atoms with Gasteiger partial charge in [0.15, 0.2) is 0 Å². The van der Waals surface area contributed by atoms with Crippen molar-refractivity contribution in [1.29, 1.82) is 0 Å². The fourth-order valence-corrected chi connectivity index (χ4v) is 1.83. The summed E-state index contributed by atoms with van der Waals surface area (Å²) < 4.78 is 11.4. The zero-order valence-corrected chi connectivity index (χ0v) is 10.4. The standard InChI is InChI=1S/C11H16BrNO2/c1-14-11-3-2-9(8-10(11)12)4-6-15-7-5-13/h2-3,8H,4-7,13H2,1H3. The highest BCUT2D eigenvalue weighted by molar-refractivity contribution is 9.10. The van der Waals surface area contributed by atoms with Gasteiger partial charge in [0.25, 0.3) is 0 Å². The van der Waals surface area contributed by atoms with Crippen LogP contribution in [0, 0.1) is 0 Å². The number of methoxy groups -OCH3 is 1. The molecule has 0 spiro atoms. The number of nitrogens with two attached hydrogens (primary N) is 1. The molecule has 0 aliphatic heterocycles. The van der Waals surface area contributed by atoms with Gasteiger partial charge in [0.05, 0.1) is 24.8 Å². The normalized spacial score (nSPS) is 10.3. The molecule has 15 heavy (non-hydrogen) atoms. The van der Waals surface area contributed by atoms with Gasteiger partial charge >= 0.3 is 0 Å². The van der Waals surface area contributed by atoms with Crippen LogP contribution in [0.5, 0.6) is 5.75 Å². The van der Waals surface area contributed by atoms with Crippen LogP contribution in [-0.4, -0.2) is 26.9 Å². The quantitative estimate of drug-likeness (QED) is 0.807. The van der Waals surface area contributed by atoms with Gasteiger partial charge in [-0.1, -0.05) is 6.07 Å². The van der Waals surface area contributed by atoms with E-state index in [1.54, 1.807) is 7.11 Å². The zero-order valence-electron chi connectivity index (χ0n) is 8.83. The molecule has 0 heterocycles. The second-order valence-corrected chi connectivity index (χ2v) is 3.97. The van der Waals surface area contributed by atoms with Crippen molar-refractivity contribution >= 4 is 15.9 Å². The second kappa shape index (κ2) is 6.82. The summed E-state index contributed by atoms with van der Waals surface area (Å²) in [5, 5.41) is 0. The minimum atomic E-state index is 0.576. The highest BCUT2D eigenvalue weighted by Gasteiger charge is 2.01. The summed E-state index contributed by atoms with van der Waals surface area (Å²) in [7, 11) is 1.66. The maximum atomic E-state index is 5.32. The highest BCUT2D eigenvalue weighted by atomic mass is 79.9. The van der Waals surface area contributed by atoms with E-state index >= 15 is 0 Å². The first-order valence-corrected chi connectivity index (χ1v) is 5.67. The molecular formula is C11H16BrNO2. The molecule has 0 atom stereocenters. The molecule has 0 unspecified atom stereocenters. The van der Waals surface area contributed by atoms with Crippen molar-refractivity contribution in [2.45, 2.75) is 6.42 Å². The number of benzene rings is 1. The lowest BCUT2D eigenvalue weighted by Crippen LogP contribution is -2.10. The summed E-state index contributed by atoms with van der Waals surface area (Å²) in [6.45, 7) is 1.90. The lowest BCUT2D eigenvalue weighted by molar-refractivity contribution is 0.144. The van der Waals surface area contributed by atoms with Crippen LogP contribution in [0.4, 0.5) is 0 Å². The monoisotopic (exact) mass is 273 g/mol. The maximum absolute atomic E-state index is 5.32. The number of hydrogen-bond donors (Lipinski definition) is 1. The van der Waals surface area contributed by atoms with Crippen LogP contribution in [-0.2, 0) is 11.2 Å². The maximum Gasteiger partial charge on any atom is 0.133 e. The Morgan fingerprint density at radius 2 is 2.13 bits per heavy atom. The van der Waals surface area contributed by atoms with Crippen molar-refractivity contribution < 1.29 is 9.47 Å². The van der Waals surface area contributed by atoms with Crippen molar-refractivity contribution in [3.05, 3.63) is 28.2 Å². The molecule has 0 radical (unpaired) electrons. The van der Waals surface area contributed by atoms with Gasteiger partial charge in [-0.2, -0.15) is 0 Å². The molecule has 1 rings (SSSR count). The van der Waals surface area contributed by atoms with E-state index in [0.717, 1.165) is 16.6 Å². The Labute approximate surface area is 98.7 Å². The van der Waals surface area contributed by atoms with Crippen LogP contribution in [0.2, 0.25) is 0 Å². The summed E-state index contributed by atoms with van der Waals surface area (Å²) in [5.74, 6) is 0.849. The minimum Gasteiger partial charge on any atom is -0.496 e. The summed E-state index contributed by atoms with van der Waals surface area (Å²) in [4.78, 5) is 0. The third kappa shape index (κ3) is 4.20. The fraction of sp³-hybridized carbons (Fsp3) is 0.455. The topological polar surface area (TPSA) is 44.5 Å². The Kier molecular flexibility index (Phi) is 5.68. The molecule has 0 amide bonds. The average molecular weight is 274 g/mol. The Bertz CT molecular complexity index is 305. The summed E-state index contributed by atoms with van der Waals surface area (Å²) in [6.07, 6.45) is 0.891. The van der Waals surface area contributed by atoms with Crippen molar-refractivity contribution in [3.63, 3.8) is 0 Å². The number of rotatable bonds is 6. The van der Waals surface area contributed by atoms with Crippen LogP contribution >= 0.6 is 15.9 Å². The third-order valence-corrected chi connectivity index (χ3v) is 2.63. The summed E-state index contributed by atoms with van der Waals surface area (Å²) >= 11 is 3.44. The molecule has 1 aromatic carbocycles. The first-order chi connectivity index (χ1) is 7.27. The van der Waals surface area contributed by atoms with E-state index < -0.39 is 0 Å². The molecular weight excluding hydrogens is 258 g/mol. The van der Waals surface area contributed by atoms with Gasteiger partial charge in [0.2, 0.25) is 0 Å². The molecule has 0 saturated heterocycles. The van der Waals surface area contributed by atoms with E-state index in [1.807, 2.05) is 18.2 Å². The molecule has 0 aromatic heterocycles. The number of ether oxygens (including phenoxy) is 2. The van der Waals surface area contributed by atoms with E-state index in [2.05, 4.69) is 15.9 Å². The van der Waals surface area contributed by atoms with E-state index in [1.165, 1.54) is 5.56 Å². The molecule has 0 fully saturated rings. The minimum absolute atomic E-state index is 0.576. The Hall–Kier alpha value is -0.580. The third-order valence-electron chi connectivity index (χ3n) is 2.01. The van der Waals surface area contributed by atoms with E-state index in [0.29, 0.717) is 19.8 Å². The smallest absolute Gasteiger partial charge is 0.133 e. The van der Waals surface area contributed by atoms with Crippen LogP contribution in [0.3, 0.4) is 0 Å². The summed E-state index contributed by atoms with van der Waals surface area (Å²) in [5.41, 5.74) is 6.54. The van der Waals surface area contributed by atoms with Crippen LogP contribution in [0.15, 0.2) is 22.7 Å². The van der Waals surface area contributed by atoms with Gasteiger partial charge in [-0.3, -0.25) is 0 Å². The Morgan fingerprint density at radius 1 is 1.33 bits per heavy atom. The largest absolute Gasteiger partial charge is 0.496 e. The van der Waals surface area contributed by atoms with Gasteiger partial charge < -0.3 is 15.2 Å². The van der Waals surface area contributed by atoms with Crippen molar-refractivity contribution in [3.8, 4) is 5.75 Å². The predicted molar refractivity (Wildman–Crippen MR) is 64.3 cm³/mol. The lowest BCUT2D eigenvalue weighted by atomic mass is 10.1. The Morgan fingerprint density at radius 3 is 2.73 bits per heavy atom. The number of hydrogen-bond acceptors (Lipinski definition) is 3. The highest BCUT2D eigenvalue weighted by Crippen LogP contribution is 2.25. The fourth-order valence-electron chi connectivity index (χ4n) is 1.24. The molecule has 1 aromatic rings. The van der Waals surface area contributed by atoms with Crippen LogP contribution in [0.25, 0.3) is 0 Å². The first-order valence-electron chi connectivity index (χ1n) is 4.88. The van der Waals surface area contributed by atoms with Crippen molar-refractivity contribution in [2.24, 2.45) is 5.73 Å². The molecule has 0 saturated carbocycles. The van der Waals surface area contributed by atoms with Gasteiger partial charge in [-0.15, -0.1) is 0 Å². The first kappa shape index (κ1) is 12.5. The van der Waals surface area contributed by atoms with Gasteiger partial charge in [-0.05, 0) is 40.0 Å². The van der Waals surface area contributed by atoms with E-state index in [4.69, 9.17) is 15.2 Å². The molecule has 0 aliphatic rings. The van der Waals surface area contributed by atoms with Gasteiger partial charge in [0, 0.05) is 6.54 Å². The molecule has 0 bridgehead atoms. The lowest BCUT2D eigenvalue weighted by Gasteiger charge is -2.06. The average Bonchev–Trinajstić information content (AvgIpc) is 2.25. The van der Waals surface area contributed by atoms with Crippen molar-refractivity contribution in [1.82, 2.24) is 0 Å². The molecule has 0 aliphatic carbocycles. The number of halogens is 1. The van der Waals surface area contributed by atoms with Crippen LogP contribution < -0.4 is 10.5 Å². The molecule has 2 N–H and O–H groups in total.